The zero-order valence-electron chi connectivity index (χ0n) is 8.93. The van der Waals surface area contributed by atoms with Crippen molar-refractivity contribution >= 4 is 18.4 Å². The first-order valence-electron chi connectivity index (χ1n) is 4.87. The minimum atomic E-state index is -0.466. The number of halogens is 1. The molecule has 2 rings (SSSR count). The molecule has 0 saturated carbocycles. The number of carbonyl (C=O) groups is 1. The van der Waals surface area contributed by atoms with Crippen LogP contribution in [-0.4, -0.2) is 12.0 Å². The van der Waals surface area contributed by atoms with Gasteiger partial charge in [0.25, 0.3) is 0 Å². The van der Waals surface area contributed by atoms with E-state index < -0.39 is 5.97 Å². The highest BCUT2D eigenvalue weighted by molar-refractivity contribution is 5.85. The van der Waals surface area contributed by atoms with Gasteiger partial charge in [-0.15, -0.1) is 12.4 Å². The first-order chi connectivity index (χ1) is 7.15. The molecule has 0 bridgehead atoms. The van der Waals surface area contributed by atoms with E-state index in [2.05, 4.69) is 4.89 Å². The zero-order chi connectivity index (χ0) is 10.8. The van der Waals surface area contributed by atoms with Crippen LogP contribution in [0.1, 0.15) is 18.1 Å². The van der Waals surface area contributed by atoms with Gasteiger partial charge < -0.3 is 5.73 Å². The highest BCUT2D eigenvalue weighted by atomic mass is 35.5. The second kappa shape index (κ2) is 5.18. The van der Waals surface area contributed by atoms with Crippen LogP contribution in [0.15, 0.2) is 18.2 Å². The van der Waals surface area contributed by atoms with Crippen LogP contribution < -0.4 is 10.6 Å². The van der Waals surface area contributed by atoms with Crippen LogP contribution in [-0.2, 0) is 22.5 Å². The summed E-state index contributed by atoms with van der Waals surface area (Å²) in [4.78, 5) is 19.8. The van der Waals surface area contributed by atoms with Crippen LogP contribution in [0.25, 0.3) is 0 Å². The van der Waals surface area contributed by atoms with Crippen molar-refractivity contribution in [3.63, 3.8) is 0 Å². The normalized spacial score (nSPS) is 17.2. The quantitative estimate of drug-likeness (QED) is 0.630. The van der Waals surface area contributed by atoms with Gasteiger partial charge in [-0.2, -0.15) is 0 Å². The van der Waals surface area contributed by atoms with E-state index in [1.54, 1.807) is 6.07 Å². The van der Waals surface area contributed by atoms with Crippen molar-refractivity contribution in [2.24, 2.45) is 5.73 Å². The summed E-state index contributed by atoms with van der Waals surface area (Å²) < 4.78 is 0. The summed E-state index contributed by atoms with van der Waals surface area (Å²) in [6, 6.07) is 5.80. The van der Waals surface area contributed by atoms with Gasteiger partial charge in [0.2, 0.25) is 0 Å². The molecule has 1 aromatic rings. The van der Waals surface area contributed by atoms with Crippen molar-refractivity contribution < 1.29 is 14.6 Å². The van der Waals surface area contributed by atoms with Crippen LogP contribution in [0.5, 0.6) is 5.75 Å². The molecule has 0 aromatic heterocycles. The Morgan fingerprint density at radius 3 is 2.75 bits per heavy atom. The maximum atomic E-state index is 10.5. The summed E-state index contributed by atoms with van der Waals surface area (Å²) in [7, 11) is 0. The predicted octanol–water partition coefficient (Wildman–Crippen LogP) is 1.39. The molecule has 2 N–H and O–H groups in total. The fraction of sp³-hybridized carbons (Fsp3) is 0.364. The fourth-order valence-corrected chi connectivity index (χ4v) is 1.79. The van der Waals surface area contributed by atoms with Gasteiger partial charge >= 0.3 is 5.97 Å². The third kappa shape index (κ3) is 2.87. The predicted molar refractivity (Wildman–Crippen MR) is 61.5 cm³/mol. The van der Waals surface area contributed by atoms with Crippen LogP contribution >= 0.6 is 12.4 Å². The molecule has 4 nitrogen and oxygen atoms in total. The third-order valence-corrected chi connectivity index (χ3v) is 2.40. The molecule has 1 aliphatic carbocycles. The summed E-state index contributed by atoms with van der Waals surface area (Å²) in [5.74, 6) is 0.0743. The summed E-state index contributed by atoms with van der Waals surface area (Å²) in [6.07, 6.45) is 1.76. The summed E-state index contributed by atoms with van der Waals surface area (Å²) in [6.45, 7) is 1.29. The SMILES string of the molecule is CC(=O)OOc1ccc2c(c1)CC(N)C2.Cl. The lowest BCUT2D eigenvalue weighted by molar-refractivity contribution is -0.210. The Kier molecular flexibility index (Phi) is 4.15. The zero-order valence-corrected chi connectivity index (χ0v) is 9.75. The van der Waals surface area contributed by atoms with Crippen molar-refractivity contribution in [2.45, 2.75) is 25.8 Å². The lowest BCUT2D eigenvalue weighted by atomic mass is 10.1. The third-order valence-electron chi connectivity index (χ3n) is 2.40. The Bertz CT molecular complexity index is 395. The number of fused-ring (bicyclic) bond motifs is 1. The molecule has 0 saturated heterocycles. The average Bonchev–Trinajstić information content (AvgIpc) is 2.53. The Labute approximate surface area is 100 Å². The fourth-order valence-electron chi connectivity index (χ4n) is 1.79. The van der Waals surface area contributed by atoms with E-state index in [0.29, 0.717) is 5.75 Å². The van der Waals surface area contributed by atoms with Gasteiger partial charge in [-0.3, -0.25) is 9.78 Å². The molecule has 0 heterocycles. The van der Waals surface area contributed by atoms with E-state index in [4.69, 9.17) is 10.6 Å². The van der Waals surface area contributed by atoms with Gasteiger partial charge in [-0.05, 0) is 36.1 Å². The van der Waals surface area contributed by atoms with Crippen molar-refractivity contribution in [3.05, 3.63) is 29.3 Å². The molecule has 0 aliphatic heterocycles. The average molecular weight is 244 g/mol. The highest BCUT2D eigenvalue weighted by Crippen LogP contribution is 2.25. The number of rotatable bonds is 2. The molecule has 0 fully saturated rings. The minimum Gasteiger partial charge on any atom is -0.327 e. The number of hydrogen-bond donors (Lipinski definition) is 1. The van der Waals surface area contributed by atoms with Crippen LogP contribution in [0.2, 0.25) is 0 Å². The number of benzene rings is 1. The van der Waals surface area contributed by atoms with Crippen molar-refractivity contribution in [1.82, 2.24) is 0 Å². The smallest absolute Gasteiger partial charge is 0.327 e. The maximum Gasteiger partial charge on any atom is 0.352 e. The molecule has 1 unspecified atom stereocenters. The molecule has 1 aliphatic rings. The van der Waals surface area contributed by atoms with Crippen LogP contribution in [0.3, 0.4) is 0 Å². The summed E-state index contributed by atoms with van der Waals surface area (Å²) in [5.41, 5.74) is 8.25. The monoisotopic (exact) mass is 243 g/mol. The van der Waals surface area contributed by atoms with Crippen molar-refractivity contribution in [3.8, 4) is 5.75 Å². The number of hydrogen-bond acceptors (Lipinski definition) is 4. The van der Waals surface area contributed by atoms with Crippen LogP contribution in [0, 0.1) is 0 Å². The second-order valence-electron chi connectivity index (χ2n) is 3.76. The van der Waals surface area contributed by atoms with Crippen LogP contribution in [0.4, 0.5) is 0 Å². The molecule has 16 heavy (non-hydrogen) atoms. The Balaban J connectivity index is 0.00000128. The van der Waals surface area contributed by atoms with Gasteiger partial charge in [-0.25, -0.2) is 4.79 Å². The standard InChI is InChI=1S/C11H13NO3.ClH/c1-7(13)14-15-11-3-2-8-4-10(12)5-9(8)6-11;/h2-3,6,10H,4-5,12H2,1H3;1H. The number of nitrogens with two attached hydrogens (primary N) is 1. The molecule has 5 heteroatoms. The summed E-state index contributed by atoms with van der Waals surface area (Å²) >= 11 is 0. The lowest BCUT2D eigenvalue weighted by Gasteiger charge is -2.04. The number of carbonyl (C=O) groups excluding carboxylic acids is 1. The Morgan fingerprint density at radius 2 is 2.06 bits per heavy atom. The van der Waals surface area contributed by atoms with Crippen molar-refractivity contribution in [2.75, 3.05) is 0 Å². The molecule has 0 amide bonds. The maximum absolute atomic E-state index is 10.5. The topological polar surface area (TPSA) is 61.5 Å². The molecule has 0 spiro atoms. The summed E-state index contributed by atoms with van der Waals surface area (Å²) in [5, 5.41) is 0. The molecule has 1 aromatic carbocycles. The van der Waals surface area contributed by atoms with Gasteiger partial charge in [0, 0.05) is 13.0 Å². The molecular weight excluding hydrogens is 230 g/mol. The lowest BCUT2D eigenvalue weighted by Crippen LogP contribution is -2.18. The highest BCUT2D eigenvalue weighted by Gasteiger charge is 2.18. The van der Waals surface area contributed by atoms with E-state index in [-0.39, 0.29) is 18.4 Å². The van der Waals surface area contributed by atoms with E-state index in [1.165, 1.54) is 18.1 Å². The van der Waals surface area contributed by atoms with Gasteiger partial charge in [0.05, 0.1) is 0 Å². The van der Waals surface area contributed by atoms with E-state index in [0.717, 1.165) is 12.8 Å². The molecule has 88 valence electrons. The van der Waals surface area contributed by atoms with E-state index in [9.17, 15) is 4.79 Å². The Morgan fingerprint density at radius 1 is 1.38 bits per heavy atom. The molecular formula is C11H14ClNO3. The van der Waals surface area contributed by atoms with Gasteiger partial charge in [0.1, 0.15) is 0 Å². The minimum absolute atomic E-state index is 0. The Hall–Kier alpha value is -1.26. The van der Waals surface area contributed by atoms with E-state index >= 15 is 0 Å². The van der Waals surface area contributed by atoms with Crippen molar-refractivity contribution in [1.29, 1.82) is 0 Å². The van der Waals surface area contributed by atoms with Gasteiger partial charge in [0.15, 0.2) is 5.75 Å². The first-order valence-corrected chi connectivity index (χ1v) is 4.87. The molecule has 1 atom stereocenters. The second-order valence-corrected chi connectivity index (χ2v) is 3.76. The van der Waals surface area contributed by atoms with Gasteiger partial charge in [-0.1, -0.05) is 6.07 Å². The molecule has 0 radical (unpaired) electrons. The van der Waals surface area contributed by atoms with E-state index in [1.807, 2.05) is 12.1 Å². The largest absolute Gasteiger partial charge is 0.352 e. The first kappa shape index (κ1) is 12.8.